The summed E-state index contributed by atoms with van der Waals surface area (Å²) in [6.07, 6.45) is -6.14. The van der Waals surface area contributed by atoms with Crippen LogP contribution in [0, 0.1) is 17.8 Å². The lowest BCUT2D eigenvalue weighted by Gasteiger charge is -2.32. The molecule has 1 aromatic carbocycles. The van der Waals surface area contributed by atoms with Gasteiger partial charge in [0, 0.05) is 31.7 Å². The SMILES string of the molecule is CC[C@H](C)[C@H](NC(=O)[C@@H]1CCCN1C(=O)[C@H](CCCCN)NC(=O)[C@H](CCC(N)=O)NC(=O)[C@H](Cc1ccccc1)NC(=O)CNC(=O)[C@H](CS)NC(=O)[C@@H](N)CC(C)C)C(=O)N[C@@H](CO)C(=O)N[C@H](C(=O)N[C@@H](CC(C)C)C(=O)N[C@@H](CC(=O)O)C(=O)N[C@@H](CC(N)=O)C(=O)N[C@@H](CCCN=C(N)N)C(=O)N[C@H](C(=O)O)[C@@H](C)O)[C@@H](C)O. The van der Waals surface area contributed by atoms with Gasteiger partial charge in [-0.1, -0.05) is 78.3 Å². The maximum Gasteiger partial charge on any atom is 0.328 e. The Labute approximate surface area is 688 Å². The highest BCUT2D eigenvalue weighted by atomic mass is 32.1. The van der Waals surface area contributed by atoms with Gasteiger partial charge in [0.25, 0.3) is 0 Å². The molecule has 1 heterocycles. The van der Waals surface area contributed by atoms with E-state index in [0.29, 0.717) is 18.4 Å². The van der Waals surface area contributed by atoms with Crippen molar-refractivity contribution in [1.82, 2.24) is 74.0 Å². The molecule has 0 spiro atoms. The fourth-order valence-corrected chi connectivity index (χ4v) is 12.4. The molecule has 30 N–H and O–H groups in total. The van der Waals surface area contributed by atoms with Crippen molar-refractivity contribution in [1.29, 1.82) is 0 Å². The molecule has 44 nitrogen and oxygen atoms in total. The van der Waals surface area contributed by atoms with Crippen molar-refractivity contribution in [3.63, 3.8) is 0 Å². The standard InChI is InChI=1S/C73H121N21O23S/c1-9-37(6)56(91-68(112)51-21-16-26-94(51)71(115)44(19-13-14-24-74)85-61(105)43(22-23-52(76)98)84-64(108)46(29-40-17-11-10-12-18-40)82-54(100)32-81-60(104)50(34-118)90-59(103)41(75)27-35(2)3)69(113)89-49(33-95)67(111)92-57(38(7)96)70(114)88-45(28-36(4)5)63(107)87-48(31-55(101)102)66(110)86-47(30-53(77)99)65(109)83-42(20-15-25-80-73(78)79)62(106)93-58(39(8)97)72(116)117/h10-12,17-18,35-39,41-51,56-58,95-97,118H,9,13-16,19-34,74-75H2,1-8H3,(H2,76,98)(H2,77,99)(H,81,104)(H,82,100)(H,83,109)(H,84,108)(H,85,105)(H,86,110)(H,87,107)(H,88,114)(H,89,113)(H,90,103)(H,91,112)(H,92,111)(H,93,106)(H,101,102)(H,116,117)(H4,78,79,80)/t37-,38+,39+,41-,42-,43-,44-,45-,46-,47-,48-,49-,50-,51-,56-,57-,58-/m0/s1. The number of nitrogens with two attached hydrogens (primary N) is 6. The Hall–Kier alpha value is -10.9. The van der Waals surface area contributed by atoms with Crippen LogP contribution in [0.2, 0.25) is 0 Å². The zero-order valence-corrected chi connectivity index (χ0v) is 68.5. The van der Waals surface area contributed by atoms with Crippen LogP contribution in [0.5, 0.6) is 0 Å². The summed E-state index contributed by atoms with van der Waals surface area (Å²) >= 11 is 4.17. The molecule has 118 heavy (non-hydrogen) atoms. The number of aliphatic carboxylic acids is 2. The number of guanidine groups is 1. The van der Waals surface area contributed by atoms with Crippen molar-refractivity contribution in [2.75, 3.05) is 38.5 Å². The van der Waals surface area contributed by atoms with Crippen molar-refractivity contribution in [3.8, 4) is 0 Å². The molecule has 0 aliphatic carbocycles. The lowest BCUT2D eigenvalue weighted by molar-refractivity contribution is -0.145. The molecule has 0 aromatic heterocycles. The number of carbonyl (C=O) groups excluding carboxylic acids is 16. The smallest absolute Gasteiger partial charge is 0.328 e. The second-order valence-corrected chi connectivity index (χ2v) is 30.0. The summed E-state index contributed by atoms with van der Waals surface area (Å²) < 4.78 is 0. The predicted octanol–water partition coefficient (Wildman–Crippen LogP) is -8.81. The van der Waals surface area contributed by atoms with Crippen LogP contribution in [-0.2, 0) is 92.7 Å². The predicted molar refractivity (Wildman–Crippen MR) is 427 cm³/mol. The van der Waals surface area contributed by atoms with Crippen molar-refractivity contribution in [3.05, 3.63) is 35.9 Å². The van der Waals surface area contributed by atoms with Crippen molar-refractivity contribution in [2.24, 2.45) is 57.1 Å². The van der Waals surface area contributed by atoms with Crippen LogP contribution < -0.4 is 104 Å². The highest BCUT2D eigenvalue weighted by Gasteiger charge is 2.43. The van der Waals surface area contributed by atoms with E-state index in [0.717, 1.165) is 13.8 Å². The normalized spacial score (nSPS) is 16.5. The molecule has 1 aliphatic heterocycles. The van der Waals surface area contributed by atoms with E-state index in [1.807, 2.05) is 13.8 Å². The van der Waals surface area contributed by atoms with Crippen LogP contribution in [0.25, 0.3) is 0 Å². The van der Waals surface area contributed by atoms with Gasteiger partial charge in [0.15, 0.2) is 12.0 Å². The maximum absolute atomic E-state index is 14.8. The number of aliphatic hydroxyl groups excluding tert-OH is 3. The summed E-state index contributed by atoms with van der Waals surface area (Å²) in [4.78, 5) is 249. The Kier molecular flexibility index (Phi) is 46.1. The van der Waals surface area contributed by atoms with E-state index in [1.54, 1.807) is 58.0 Å². The number of primary amides is 2. The quantitative estimate of drug-likeness (QED) is 0.0125. The number of aliphatic hydroxyl groups is 3. The van der Waals surface area contributed by atoms with E-state index in [-0.39, 0.29) is 95.1 Å². The molecule has 0 saturated carbocycles. The Morgan fingerprint density at radius 3 is 1.54 bits per heavy atom. The molecule has 45 heteroatoms. The van der Waals surface area contributed by atoms with Gasteiger partial charge in [-0.05, 0) is 108 Å². The summed E-state index contributed by atoms with van der Waals surface area (Å²) in [6, 6.07) is -14.5. The van der Waals surface area contributed by atoms with Crippen LogP contribution >= 0.6 is 12.6 Å². The minimum absolute atomic E-state index is 0.0242. The molecular formula is C73H121N21O23S. The van der Waals surface area contributed by atoms with Crippen molar-refractivity contribution >= 4 is 125 Å². The monoisotopic (exact) mass is 1690 g/mol. The molecular weight excluding hydrogens is 1570 g/mol. The molecule has 17 atom stereocenters. The molecule has 1 aromatic rings. The van der Waals surface area contributed by atoms with Crippen LogP contribution in [0.1, 0.15) is 151 Å². The van der Waals surface area contributed by atoms with E-state index in [2.05, 4.69) is 86.7 Å². The van der Waals surface area contributed by atoms with Crippen LogP contribution in [-0.4, -0.2) is 278 Å². The molecule has 2 rings (SSSR count). The van der Waals surface area contributed by atoms with Gasteiger partial charge in [-0.15, -0.1) is 0 Å². The Bertz CT molecular complexity index is 3630. The van der Waals surface area contributed by atoms with Gasteiger partial charge in [0.1, 0.15) is 72.5 Å². The molecule has 1 saturated heterocycles. The number of carboxylic acid groups (broad SMARTS) is 2. The van der Waals surface area contributed by atoms with Gasteiger partial charge in [-0.25, -0.2) is 4.79 Å². The highest BCUT2D eigenvalue weighted by molar-refractivity contribution is 7.80. The number of unbranched alkanes of at least 4 members (excludes halogenated alkanes) is 1. The third-order valence-electron chi connectivity index (χ3n) is 18.6. The number of nitrogens with one attached hydrogen (secondary N) is 13. The van der Waals surface area contributed by atoms with E-state index >= 15 is 0 Å². The highest BCUT2D eigenvalue weighted by Crippen LogP contribution is 2.22. The van der Waals surface area contributed by atoms with Crippen LogP contribution in [0.15, 0.2) is 35.3 Å². The molecule has 1 aliphatic rings. The molecule has 1 fully saturated rings. The van der Waals surface area contributed by atoms with Gasteiger partial charge in [0.05, 0.1) is 44.2 Å². The van der Waals surface area contributed by atoms with E-state index in [1.165, 1.54) is 4.90 Å². The largest absolute Gasteiger partial charge is 0.481 e. The van der Waals surface area contributed by atoms with Crippen molar-refractivity contribution < 1.29 is 112 Å². The van der Waals surface area contributed by atoms with Gasteiger partial charge >= 0.3 is 11.9 Å². The van der Waals surface area contributed by atoms with E-state index < -0.39 is 254 Å². The minimum atomic E-state index is -2.13. The fourth-order valence-electron chi connectivity index (χ4n) is 12.1. The lowest BCUT2D eigenvalue weighted by Crippen LogP contribution is -2.63. The second kappa shape index (κ2) is 52.7. The summed E-state index contributed by atoms with van der Waals surface area (Å²) in [7, 11) is 0. The average Bonchev–Trinajstić information content (AvgIpc) is 1.63. The number of amides is 16. The Morgan fingerprint density at radius 2 is 1.02 bits per heavy atom. The number of nitrogens with zero attached hydrogens (tertiary/aromatic N) is 2. The number of benzene rings is 1. The second-order valence-electron chi connectivity index (χ2n) is 29.6. The third kappa shape index (κ3) is 37.1. The van der Waals surface area contributed by atoms with Crippen LogP contribution in [0.4, 0.5) is 0 Å². The third-order valence-corrected chi connectivity index (χ3v) is 19.0. The van der Waals surface area contributed by atoms with Gasteiger partial charge in [0.2, 0.25) is 94.5 Å². The number of rotatable bonds is 55. The van der Waals surface area contributed by atoms with E-state index in [4.69, 9.17) is 34.4 Å². The lowest BCUT2D eigenvalue weighted by atomic mass is 9.97. The first-order valence-corrected chi connectivity index (χ1v) is 39.4. The number of carboxylic acids is 2. The van der Waals surface area contributed by atoms with Gasteiger partial charge in [-0.3, -0.25) is 86.5 Å². The van der Waals surface area contributed by atoms with Crippen molar-refractivity contribution in [2.45, 2.75) is 248 Å². The topological polar surface area (TPSA) is 737 Å². The first-order valence-electron chi connectivity index (χ1n) is 38.8. The Balaban J connectivity index is 2.43. The number of thiol groups is 1. The zero-order valence-electron chi connectivity index (χ0n) is 67.6. The van der Waals surface area contributed by atoms with Gasteiger partial charge in [-0.2, -0.15) is 12.6 Å². The molecule has 0 bridgehead atoms. The molecule has 0 unspecified atom stereocenters. The Morgan fingerprint density at radius 1 is 0.525 bits per heavy atom. The first-order chi connectivity index (χ1) is 55.4. The number of hydrogen-bond donors (Lipinski definition) is 25. The first kappa shape index (κ1) is 103. The summed E-state index contributed by atoms with van der Waals surface area (Å²) in [5, 5.41) is 81.8. The van der Waals surface area contributed by atoms with E-state index in [9.17, 15) is 112 Å². The van der Waals surface area contributed by atoms with Crippen LogP contribution in [0.3, 0.4) is 0 Å². The number of aliphatic imine (C=N–C) groups is 1. The number of hydrogen-bond acceptors (Lipinski definition) is 25. The maximum atomic E-state index is 14.8. The number of likely N-dealkylation sites (tertiary alicyclic amines) is 1. The van der Waals surface area contributed by atoms with Gasteiger partial charge < -0.3 is 134 Å². The summed E-state index contributed by atoms with van der Waals surface area (Å²) in [6.45, 7) is 10.3. The average molecular weight is 1690 g/mol. The minimum Gasteiger partial charge on any atom is -0.481 e. The summed E-state index contributed by atoms with van der Waals surface area (Å²) in [5.41, 5.74) is 34.0. The molecule has 16 amide bonds. The number of carbonyl (C=O) groups is 18. The molecule has 662 valence electrons. The zero-order chi connectivity index (χ0) is 89.4. The molecule has 0 radical (unpaired) electrons. The fraction of sp³-hybridized carbons (Fsp3) is 0.658. The summed E-state index contributed by atoms with van der Waals surface area (Å²) in [5.74, 6) is -21.9.